The number of hydrogen-bond acceptors (Lipinski definition) is 1. The van der Waals surface area contributed by atoms with Crippen molar-refractivity contribution in [1.29, 1.82) is 0 Å². The molecule has 0 saturated heterocycles. The first-order valence-electron chi connectivity index (χ1n) is 13.0. The number of aromatic nitrogens is 1. The molecule has 0 bridgehead atoms. The number of hydrogen-bond donors (Lipinski definition) is 0. The summed E-state index contributed by atoms with van der Waals surface area (Å²) in [6.07, 6.45) is 2.35. The van der Waals surface area contributed by atoms with Crippen molar-refractivity contribution in [3.63, 3.8) is 0 Å². The van der Waals surface area contributed by atoms with E-state index in [0.717, 1.165) is 17.1 Å². The number of para-hydroxylation sites is 1. The maximum absolute atomic E-state index is 6.67. The lowest BCUT2D eigenvalue weighted by atomic mass is 9.75. The Morgan fingerprint density at radius 1 is 0.622 bits per heavy atom. The van der Waals surface area contributed by atoms with Crippen LogP contribution in [0, 0.1) is 6.92 Å². The topological polar surface area (TPSA) is 18.1 Å². The number of benzene rings is 4. The van der Waals surface area contributed by atoms with Gasteiger partial charge in [0.1, 0.15) is 11.5 Å². The molecular formula is C35H29NO. The van der Waals surface area contributed by atoms with Gasteiger partial charge in [-0.1, -0.05) is 109 Å². The fourth-order valence-corrected chi connectivity index (χ4v) is 6.69. The lowest BCUT2D eigenvalue weighted by Crippen LogP contribution is -2.14. The van der Waals surface area contributed by atoms with Gasteiger partial charge in [0, 0.05) is 58.6 Å². The van der Waals surface area contributed by atoms with Gasteiger partial charge < -0.3 is 8.98 Å². The summed E-state index contributed by atoms with van der Waals surface area (Å²) in [6, 6.07) is 41.5. The van der Waals surface area contributed by atoms with Crippen LogP contribution < -0.4 is 0 Å². The molecule has 37 heavy (non-hydrogen) atoms. The molecule has 2 aromatic heterocycles. The molecular weight excluding hydrogens is 450 g/mol. The van der Waals surface area contributed by atoms with Crippen LogP contribution in [-0.4, -0.2) is 4.57 Å². The Labute approximate surface area is 217 Å². The summed E-state index contributed by atoms with van der Waals surface area (Å²) >= 11 is 0. The first-order valence-corrected chi connectivity index (χ1v) is 13.0. The molecule has 180 valence electrons. The summed E-state index contributed by atoms with van der Waals surface area (Å²) in [5, 5.41) is 1.31. The highest BCUT2D eigenvalue weighted by molar-refractivity contribution is 5.86. The van der Waals surface area contributed by atoms with E-state index in [-0.39, 0.29) is 17.8 Å². The van der Waals surface area contributed by atoms with Crippen LogP contribution in [0.4, 0.5) is 0 Å². The lowest BCUT2D eigenvalue weighted by molar-refractivity contribution is 0.511. The van der Waals surface area contributed by atoms with Gasteiger partial charge in [-0.15, -0.1) is 0 Å². The molecule has 0 fully saturated rings. The van der Waals surface area contributed by atoms with E-state index in [0.29, 0.717) is 0 Å². The average molecular weight is 480 g/mol. The predicted octanol–water partition coefficient (Wildman–Crippen LogP) is 8.81. The Morgan fingerprint density at radius 3 is 1.92 bits per heavy atom. The van der Waals surface area contributed by atoms with Gasteiger partial charge in [0.05, 0.1) is 0 Å². The minimum atomic E-state index is 0.154. The zero-order valence-electron chi connectivity index (χ0n) is 21.1. The molecule has 6 aromatic rings. The Morgan fingerprint density at radius 2 is 1.22 bits per heavy atom. The molecule has 1 aliphatic rings. The fourth-order valence-electron chi connectivity index (χ4n) is 6.69. The van der Waals surface area contributed by atoms with E-state index in [1.807, 2.05) is 0 Å². The van der Waals surface area contributed by atoms with Crippen molar-refractivity contribution in [2.75, 3.05) is 0 Å². The highest BCUT2D eigenvalue weighted by atomic mass is 16.3. The number of furan rings is 1. The van der Waals surface area contributed by atoms with Crippen LogP contribution in [0.2, 0.25) is 0 Å². The molecule has 0 amide bonds. The molecule has 1 aliphatic carbocycles. The Hall–Kier alpha value is -4.30. The van der Waals surface area contributed by atoms with Crippen molar-refractivity contribution in [3.8, 4) is 11.3 Å². The number of nitrogens with zero attached hydrogens (tertiary/aromatic N) is 1. The molecule has 3 atom stereocenters. The average Bonchev–Trinajstić information content (AvgIpc) is 3.59. The Balaban J connectivity index is 1.59. The summed E-state index contributed by atoms with van der Waals surface area (Å²) in [6.45, 7) is 2.15. The van der Waals surface area contributed by atoms with E-state index >= 15 is 0 Å². The van der Waals surface area contributed by atoms with Gasteiger partial charge >= 0.3 is 0 Å². The van der Waals surface area contributed by atoms with Gasteiger partial charge in [0.15, 0.2) is 0 Å². The summed E-state index contributed by atoms with van der Waals surface area (Å²) < 4.78 is 8.95. The van der Waals surface area contributed by atoms with Gasteiger partial charge in [-0.05, 0) is 29.7 Å². The van der Waals surface area contributed by atoms with E-state index in [9.17, 15) is 0 Å². The minimum Gasteiger partial charge on any atom is -0.461 e. The summed E-state index contributed by atoms with van der Waals surface area (Å²) in [5.74, 6) is 2.62. The third kappa shape index (κ3) is 3.40. The summed E-state index contributed by atoms with van der Waals surface area (Å²) in [5.41, 5.74) is 9.14. The zero-order valence-corrected chi connectivity index (χ0v) is 21.1. The molecule has 0 saturated carbocycles. The van der Waals surface area contributed by atoms with Crippen LogP contribution in [0.1, 0.15) is 51.3 Å². The van der Waals surface area contributed by atoms with E-state index in [2.05, 4.69) is 140 Å². The Bertz CT molecular complexity index is 1690. The molecule has 0 radical (unpaired) electrons. The highest BCUT2D eigenvalue weighted by Crippen LogP contribution is 2.61. The third-order valence-electron chi connectivity index (χ3n) is 8.15. The molecule has 0 unspecified atom stereocenters. The number of fused-ring (bicyclic) bond motifs is 2. The van der Waals surface area contributed by atoms with Crippen LogP contribution in [0.3, 0.4) is 0 Å². The molecule has 4 aromatic carbocycles. The maximum Gasteiger partial charge on any atom is 0.138 e. The van der Waals surface area contributed by atoms with Crippen molar-refractivity contribution in [2.45, 2.75) is 24.7 Å². The van der Waals surface area contributed by atoms with Crippen molar-refractivity contribution < 1.29 is 4.42 Å². The zero-order chi connectivity index (χ0) is 24.9. The minimum absolute atomic E-state index is 0.154. The first-order chi connectivity index (χ1) is 18.2. The summed E-state index contributed by atoms with van der Waals surface area (Å²) in [7, 11) is 2.16. The van der Waals surface area contributed by atoms with Gasteiger partial charge in [-0.3, -0.25) is 0 Å². The SMILES string of the molecule is Cc1oc(-c2ccccc2)c2c1[C@H](c1ccccc1)[C@@H](c1ccccc1)[C@@H]2c1cn(C)c2ccccc12. The van der Waals surface area contributed by atoms with Crippen molar-refractivity contribution in [3.05, 3.63) is 155 Å². The lowest BCUT2D eigenvalue weighted by Gasteiger charge is -2.28. The van der Waals surface area contributed by atoms with Gasteiger partial charge in [0.2, 0.25) is 0 Å². The molecule has 2 heteroatoms. The second-order valence-electron chi connectivity index (χ2n) is 10.2. The predicted molar refractivity (Wildman–Crippen MR) is 151 cm³/mol. The van der Waals surface area contributed by atoms with Gasteiger partial charge in [-0.25, -0.2) is 0 Å². The largest absolute Gasteiger partial charge is 0.461 e. The monoisotopic (exact) mass is 479 g/mol. The van der Waals surface area contributed by atoms with E-state index in [1.54, 1.807) is 0 Å². The molecule has 2 heterocycles. The van der Waals surface area contributed by atoms with Crippen LogP contribution in [0.25, 0.3) is 22.2 Å². The van der Waals surface area contributed by atoms with Gasteiger partial charge in [0.25, 0.3) is 0 Å². The smallest absolute Gasteiger partial charge is 0.138 e. The third-order valence-corrected chi connectivity index (χ3v) is 8.15. The molecule has 2 nitrogen and oxygen atoms in total. The number of rotatable bonds is 4. The van der Waals surface area contributed by atoms with E-state index < -0.39 is 0 Å². The van der Waals surface area contributed by atoms with E-state index in [1.165, 1.54) is 38.7 Å². The Kier molecular flexibility index (Phi) is 5.14. The number of aryl methyl sites for hydroxylation is 2. The highest BCUT2D eigenvalue weighted by Gasteiger charge is 2.48. The molecule has 0 N–H and O–H groups in total. The second-order valence-corrected chi connectivity index (χ2v) is 10.2. The van der Waals surface area contributed by atoms with Crippen molar-refractivity contribution in [2.24, 2.45) is 7.05 Å². The molecule has 0 aliphatic heterocycles. The molecule has 7 rings (SSSR count). The first kappa shape index (κ1) is 21.9. The van der Waals surface area contributed by atoms with Crippen molar-refractivity contribution >= 4 is 10.9 Å². The van der Waals surface area contributed by atoms with Crippen LogP contribution in [0.5, 0.6) is 0 Å². The quantitative estimate of drug-likeness (QED) is 0.247. The van der Waals surface area contributed by atoms with Crippen LogP contribution in [-0.2, 0) is 7.05 Å². The van der Waals surface area contributed by atoms with Gasteiger partial charge in [-0.2, -0.15) is 0 Å². The van der Waals surface area contributed by atoms with Crippen molar-refractivity contribution in [1.82, 2.24) is 4.57 Å². The van der Waals surface area contributed by atoms with Crippen LogP contribution >= 0.6 is 0 Å². The fraction of sp³-hybridized carbons (Fsp3) is 0.143. The summed E-state index contributed by atoms with van der Waals surface area (Å²) in [4.78, 5) is 0. The van der Waals surface area contributed by atoms with Crippen LogP contribution in [0.15, 0.2) is 126 Å². The normalized spacial score (nSPS) is 18.8. The standard InChI is InChI=1S/C35H29NO/c1-23-30-31(24-14-6-3-7-15-24)32(25-16-8-4-9-17-25)33(28-22-36(2)29-21-13-12-20-27(28)29)34(30)35(37-23)26-18-10-5-11-19-26/h3-22,31-33H,1-2H3/t31-,32+,33-/m0/s1. The second kappa shape index (κ2) is 8.67. The molecule has 0 spiro atoms. The van der Waals surface area contributed by atoms with E-state index in [4.69, 9.17) is 4.42 Å². The maximum atomic E-state index is 6.67.